The summed E-state index contributed by atoms with van der Waals surface area (Å²) in [6.45, 7) is 5.33. The Hall–Kier alpha value is -1.49. The predicted octanol–water partition coefficient (Wildman–Crippen LogP) is 2.98. The third kappa shape index (κ3) is 3.10. The first-order valence-corrected chi connectivity index (χ1v) is 6.37. The molecule has 0 radical (unpaired) electrons. The number of hydrogen-bond acceptors (Lipinski definition) is 2. The van der Waals surface area contributed by atoms with E-state index in [9.17, 15) is 13.6 Å². The number of nitrogens with two attached hydrogens (primary N) is 1. The van der Waals surface area contributed by atoms with Crippen LogP contribution in [0, 0.1) is 24.0 Å². The Bertz CT molecular complexity index is 462. The second kappa shape index (κ2) is 6.10. The molecular weight excluding hydrogens is 250 g/mol. The molecule has 0 aromatic heterocycles. The van der Waals surface area contributed by atoms with Gasteiger partial charge in [-0.2, -0.15) is 0 Å². The molecule has 0 aliphatic rings. The normalized spacial score (nSPS) is 11.5. The van der Waals surface area contributed by atoms with Gasteiger partial charge in [0.2, 0.25) is 5.91 Å². The Morgan fingerprint density at radius 3 is 2.32 bits per heavy atom. The Morgan fingerprint density at radius 2 is 1.84 bits per heavy atom. The van der Waals surface area contributed by atoms with Crippen LogP contribution in [0.15, 0.2) is 12.1 Å². The monoisotopic (exact) mass is 270 g/mol. The lowest BCUT2D eigenvalue weighted by atomic mass is 9.81. The molecular formula is C14H20F2N2O. The van der Waals surface area contributed by atoms with Crippen LogP contribution in [0.4, 0.5) is 14.5 Å². The van der Waals surface area contributed by atoms with E-state index in [1.165, 1.54) is 6.92 Å². The molecule has 0 aliphatic heterocycles. The van der Waals surface area contributed by atoms with Crippen molar-refractivity contribution >= 4 is 11.6 Å². The van der Waals surface area contributed by atoms with Gasteiger partial charge >= 0.3 is 0 Å². The minimum absolute atomic E-state index is 0.146. The number of hydrogen-bond donors (Lipinski definition) is 2. The lowest BCUT2D eigenvalue weighted by Gasteiger charge is -2.28. The van der Waals surface area contributed by atoms with Gasteiger partial charge in [0.25, 0.3) is 0 Å². The van der Waals surface area contributed by atoms with Gasteiger partial charge < -0.3 is 11.1 Å². The summed E-state index contributed by atoms with van der Waals surface area (Å²) in [4.78, 5) is 12.2. The molecule has 0 saturated carbocycles. The highest BCUT2D eigenvalue weighted by molar-refractivity contribution is 5.95. The summed E-state index contributed by atoms with van der Waals surface area (Å²) >= 11 is 0. The molecule has 0 bridgehead atoms. The summed E-state index contributed by atoms with van der Waals surface area (Å²) < 4.78 is 27.1. The van der Waals surface area contributed by atoms with Crippen molar-refractivity contribution in [1.29, 1.82) is 0 Å². The zero-order valence-corrected chi connectivity index (χ0v) is 11.5. The molecule has 3 nitrogen and oxygen atoms in total. The molecule has 0 unspecified atom stereocenters. The van der Waals surface area contributed by atoms with Crippen molar-refractivity contribution in [3.05, 3.63) is 29.3 Å². The molecule has 1 aromatic rings. The van der Waals surface area contributed by atoms with E-state index in [0.717, 1.165) is 12.1 Å². The molecule has 1 amide bonds. The van der Waals surface area contributed by atoms with Crippen LogP contribution in [0.1, 0.15) is 32.3 Å². The molecule has 0 fully saturated rings. The number of rotatable bonds is 5. The molecule has 0 spiro atoms. The Morgan fingerprint density at radius 1 is 1.26 bits per heavy atom. The van der Waals surface area contributed by atoms with Crippen molar-refractivity contribution in [2.45, 2.75) is 33.6 Å². The Balaban J connectivity index is 3.02. The number of anilines is 1. The van der Waals surface area contributed by atoms with E-state index in [1.807, 2.05) is 13.8 Å². The lowest BCUT2D eigenvalue weighted by Crippen LogP contribution is -2.41. The van der Waals surface area contributed by atoms with Gasteiger partial charge in [0.05, 0.1) is 11.1 Å². The second-order valence-electron chi connectivity index (χ2n) is 4.73. The molecule has 0 saturated heterocycles. The largest absolute Gasteiger partial charge is 0.329 e. The van der Waals surface area contributed by atoms with Crippen molar-refractivity contribution in [3.8, 4) is 0 Å². The number of benzene rings is 1. The first-order chi connectivity index (χ1) is 8.90. The molecule has 0 atom stereocenters. The maximum atomic E-state index is 13.7. The van der Waals surface area contributed by atoms with Crippen molar-refractivity contribution in [2.24, 2.45) is 11.1 Å². The summed E-state index contributed by atoms with van der Waals surface area (Å²) in [5.74, 6) is -1.57. The number of halogens is 2. The van der Waals surface area contributed by atoms with Crippen LogP contribution in [0.25, 0.3) is 0 Å². The topological polar surface area (TPSA) is 55.1 Å². The number of carbonyl (C=O) groups is 1. The van der Waals surface area contributed by atoms with E-state index in [0.29, 0.717) is 12.8 Å². The van der Waals surface area contributed by atoms with Crippen molar-refractivity contribution in [3.63, 3.8) is 0 Å². The summed E-state index contributed by atoms with van der Waals surface area (Å²) in [7, 11) is 0. The molecule has 0 aliphatic carbocycles. The zero-order chi connectivity index (χ0) is 14.6. The summed E-state index contributed by atoms with van der Waals surface area (Å²) in [5, 5.41) is 2.44. The average molecular weight is 270 g/mol. The second-order valence-corrected chi connectivity index (χ2v) is 4.73. The van der Waals surface area contributed by atoms with Crippen molar-refractivity contribution in [1.82, 2.24) is 0 Å². The van der Waals surface area contributed by atoms with Gasteiger partial charge in [-0.1, -0.05) is 13.8 Å². The van der Waals surface area contributed by atoms with Gasteiger partial charge in [0.15, 0.2) is 0 Å². The minimum Gasteiger partial charge on any atom is -0.329 e. The van der Waals surface area contributed by atoms with Gasteiger partial charge in [-0.05, 0) is 31.4 Å². The predicted molar refractivity (Wildman–Crippen MR) is 71.8 cm³/mol. The molecule has 0 heterocycles. The maximum absolute atomic E-state index is 13.7. The molecule has 106 valence electrons. The van der Waals surface area contributed by atoms with Crippen LogP contribution in [0.5, 0.6) is 0 Å². The Kier molecular flexibility index (Phi) is 5.00. The number of carbonyl (C=O) groups excluding carboxylic acids is 1. The van der Waals surface area contributed by atoms with Gasteiger partial charge in [0.1, 0.15) is 11.6 Å². The average Bonchev–Trinajstić information content (AvgIpc) is 2.38. The quantitative estimate of drug-likeness (QED) is 0.864. The zero-order valence-electron chi connectivity index (χ0n) is 11.5. The highest BCUT2D eigenvalue weighted by Gasteiger charge is 2.33. The van der Waals surface area contributed by atoms with Crippen molar-refractivity contribution in [2.75, 3.05) is 11.9 Å². The van der Waals surface area contributed by atoms with E-state index >= 15 is 0 Å². The van der Waals surface area contributed by atoms with Gasteiger partial charge in [0, 0.05) is 12.6 Å². The van der Waals surface area contributed by atoms with E-state index in [1.54, 1.807) is 0 Å². The first kappa shape index (κ1) is 15.6. The minimum atomic E-state index is -0.742. The van der Waals surface area contributed by atoms with Gasteiger partial charge in [-0.25, -0.2) is 8.78 Å². The first-order valence-electron chi connectivity index (χ1n) is 6.37. The summed E-state index contributed by atoms with van der Waals surface area (Å²) in [5.41, 5.74) is 4.96. The van der Waals surface area contributed by atoms with E-state index in [4.69, 9.17) is 5.73 Å². The summed E-state index contributed by atoms with van der Waals surface area (Å²) in [6.07, 6.45) is 1.09. The highest BCUT2D eigenvalue weighted by atomic mass is 19.1. The number of aryl methyl sites for hydroxylation is 1. The maximum Gasteiger partial charge on any atom is 0.231 e. The third-order valence-electron chi connectivity index (χ3n) is 3.72. The fourth-order valence-corrected chi connectivity index (χ4v) is 1.95. The SMILES string of the molecule is CCC(CC)(CN)C(=O)Nc1cc(F)c(C)cc1F. The van der Waals surface area contributed by atoms with Crippen LogP contribution >= 0.6 is 0 Å². The standard InChI is InChI=1S/C14H20F2N2O/c1-4-14(5-2,8-17)13(19)18-12-7-10(15)9(3)6-11(12)16/h6-7H,4-5,8,17H2,1-3H3,(H,18,19). The molecule has 5 heteroatoms. The van der Waals surface area contributed by atoms with Crippen LogP contribution < -0.4 is 11.1 Å². The highest BCUT2D eigenvalue weighted by Crippen LogP contribution is 2.28. The fraction of sp³-hybridized carbons (Fsp3) is 0.500. The van der Waals surface area contributed by atoms with Gasteiger partial charge in [-0.15, -0.1) is 0 Å². The molecule has 3 N–H and O–H groups in total. The number of amides is 1. The molecule has 1 aromatic carbocycles. The van der Waals surface area contributed by atoms with E-state index < -0.39 is 17.0 Å². The fourth-order valence-electron chi connectivity index (χ4n) is 1.95. The third-order valence-corrected chi connectivity index (χ3v) is 3.72. The van der Waals surface area contributed by atoms with Crippen molar-refractivity contribution < 1.29 is 13.6 Å². The summed E-state index contributed by atoms with van der Waals surface area (Å²) in [6, 6.07) is 2.06. The molecule has 1 rings (SSSR count). The molecule has 19 heavy (non-hydrogen) atoms. The van der Waals surface area contributed by atoms with Crippen LogP contribution in [0.3, 0.4) is 0 Å². The lowest BCUT2D eigenvalue weighted by molar-refractivity contribution is -0.125. The Labute approximate surface area is 112 Å². The van der Waals surface area contributed by atoms with Crippen LogP contribution in [-0.2, 0) is 4.79 Å². The van der Waals surface area contributed by atoms with E-state index in [2.05, 4.69) is 5.32 Å². The van der Waals surface area contributed by atoms with Crippen LogP contribution in [0.2, 0.25) is 0 Å². The number of nitrogens with one attached hydrogen (secondary N) is 1. The smallest absolute Gasteiger partial charge is 0.231 e. The van der Waals surface area contributed by atoms with Gasteiger partial charge in [-0.3, -0.25) is 4.79 Å². The van der Waals surface area contributed by atoms with E-state index in [-0.39, 0.29) is 23.7 Å². The van der Waals surface area contributed by atoms with Crippen LogP contribution in [-0.4, -0.2) is 12.5 Å².